The summed E-state index contributed by atoms with van der Waals surface area (Å²) in [4.78, 5) is 42.0. The maximum atomic E-state index is 12.9. The number of amides is 3. The minimum absolute atomic E-state index is 0.0160. The molecule has 29 heavy (non-hydrogen) atoms. The SMILES string of the molecule is O=C1NC(c2ccccc2)CCC1C(=O)N1CCN(C(=O)C2CCCCC2)CC1. The zero-order valence-corrected chi connectivity index (χ0v) is 17.0. The first-order valence-electron chi connectivity index (χ1n) is 11.1. The predicted octanol–water partition coefficient (Wildman–Crippen LogP) is 2.51. The van der Waals surface area contributed by atoms with E-state index in [1.165, 1.54) is 6.42 Å². The summed E-state index contributed by atoms with van der Waals surface area (Å²) in [6.45, 7) is 2.23. The van der Waals surface area contributed by atoms with E-state index in [1.807, 2.05) is 35.2 Å². The van der Waals surface area contributed by atoms with E-state index in [9.17, 15) is 14.4 Å². The van der Waals surface area contributed by atoms with Crippen LogP contribution in [0.25, 0.3) is 0 Å². The highest BCUT2D eigenvalue weighted by atomic mass is 16.2. The largest absolute Gasteiger partial charge is 0.349 e. The van der Waals surface area contributed by atoms with Gasteiger partial charge in [0, 0.05) is 32.1 Å². The first kappa shape index (κ1) is 19.9. The van der Waals surface area contributed by atoms with Crippen LogP contribution in [-0.2, 0) is 14.4 Å². The molecule has 3 fully saturated rings. The molecule has 0 radical (unpaired) electrons. The molecule has 1 aliphatic carbocycles. The van der Waals surface area contributed by atoms with Gasteiger partial charge in [-0.05, 0) is 31.2 Å². The van der Waals surface area contributed by atoms with Crippen LogP contribution in [0.15, 0.2) is 30.3 Å². The Kier molecular flexibility index (Phi) is 6.16. The molecule has 2 atom stereocenters. The van der Waals surface area contributed by atoms with Crippen molar-refractivity contribution in [2.45, 2.75) is 51.0 Å². The summed E-state index contributed by atoms with van der Waals surface area (Å²) in [5.74, 6) is -0.423. The molecular weight excluding hydrogens is 366 g/mol. The molecule has 0 aromatic heterocycles. The number of piperazine rings is 1. The molecule has 3 amide bonds. The normalized spacial score (nSPS) is 26.1. The van der Waals surface area contributed by atoms with Gasteiger partial charge >= 0.3 is 0 Å². The van der Waals surface area contributed by atoms with E-state index in [1.54, 1.807) is 4.90 Å². The van der Waals surface area contributed by atoms with E-state index in [-0.39, 0.29) is 29.7 Å². The molecule has 2 aliphatic heterocycles. The van der Waals surface area contributed by atoms with Crippen LogP contribution in [0.2, 0.25) is 0 Å². The van der Waals surface area contributed by atoms with Gasteiger partial charge in [-0.2, -0.15) is 0 Å². The van der Waals surface area contributed by atoms with Gasteiger partial charge in [-0.15, -0.1) is 0 Å². The monoisotopic (exact) mass is 397 g/mol. The topological polar surface area (TPSA) is 69.7 Å². The highest BCUT2D eigenvalue weighted by Crippen LogP contribution is 2.29. The van der Waals surface area contributed by atoms with Crippen molar-refractivity contribution < 1.29 is 14.4 Å². The molecule has 1 aromatic carbocycles. The Bertz CT molecular complexity index is 737. The molecule has 3 aliphatic rings. The average molecular weight is 398 g/mol. The predicted molar refractivity (Wildman–Crippen MR) is 110 cm³/mol. The Balaban J connectivity index is 1.28. The molecule has 156 valence electrons. The quantitative estimate of drug-likeness (QED) is 0.797. The second-order valence-corrected chi connectivity index (χ2v) is 8.59. The highest BCUT2D eigenvalue weighted by Gasteiger charge is 2.38. The van der Waals surface area contributed by atoms with E-state index < -0.39 is 5.92 Å². The molecule has 0 spiro atoms. The zero-order valence-electron chi connectivity index (χ0n) is 17.0. The summed E-state index contributed by atoms with van der Waals surface area (Å²) in [5, 5.41) is 3.02. The highest BCUT2D eigenvalue weighted by molar-refractivity contribution is 6.01. The van der Waals surface area contributed by atoms with Crippen molar-refractivity contribution in [1.82, 2.24) is 15.1 Å². The zero-order chi connectivity index (χ0) is 20.2. The number of benzene rings is 1. The third-order valence-electron chi connectivity index (χ3n) is 6.73. The molecular formula is C23H31N3O3. The Labute approximate surface area is 172 Å². The summed E-state index contributed by atoms with van der Waals surface area (Å²) in [6.07, 6.45) is 6.88. The van der Waals surface area contributed by atoms with E-state index in [0.717, 1.165) is 37.7 Å². The Hall–Kier alpha value is -2.37. The number of hydrogen-bond donors (Lipinski definition) is 1. The molecule has 2 unspecified atom stereocenters. The van der Waals surface area contributed by atoms with E-state index >= 15 is 0 Å². The van der Waals surface area contributed by atoms with Gasteiger partial charge in [0.15, 0.2) is 0 Å². The third kappa shape index (κ3) is 4.46. The van der Waals surface area contributed by atoms with Crippen molar-refractivity contribution in [2.75, 3.05) is 26.2 Å². The number of hydrogen-bond acceptors (Lipinski definition) is 3. The van der Waals surface area contributed by atoms with Gasteiger partial charge in [-0.25, -0.2) is 0 Å². The van der Waals surface area contributed by atoms with Gasteiger partial charge in [0.25, 0.3) is 0 Å². The van der Waals surface area contributed by atoms with Crippen molar-refractivity contribution in [2.24, 2.45) is 11.8 Å². The second kappa shape index (κ2) is 8.97. The van der Waals surface area contributed by atoms with E-state index in [2.05, 4.69) is 5.32 Å². The molecule has 1 N–H and O–H groups in total. The van der Waals surface area contributed by atoms with Gasteiger partial charge in [-0.3, -0.25) is 14.4 Å². The molecule has 6 heteroatoms. The molecule has 4 rings (SSSR count). The Morgan fingerprint density at radius 1 is 0.793 bits per heavy atom. The fourth-order valence-corrected chi connectivity index (χ4v) is 4.96. The van der Waals surface area contributed by atoms with Crippen LogP contribution in [-0.4, -0.2) is 53.7 Å². The molecule has 1 saturated carbocycles. The van der Waals surface area contributed by atoms with Crippen LogP contribution < -0.4 is 5.32 Å². The van der Waals surface area contributed by atoms with Gasteiger partial charge in [0.2, 0.25) is 17.7 Å². The lowest BCUT2D eigenvalue weighted by molar-refractivity contribution is -0.149. The summed E-state index contributed by atoms with van der Waals surface area (Å²) < 4.78 is 0. The third-order valence-corrected chi connectivity index (χ3v) is 6.73. The summed E-state index contributed by atoms with van der Waals surface area (Å²) in [6, 6.07) is 9.89. The van der Waals surface area contributed by atoms with E-state index in [0.29, 0.717) is 32.6 Å². The maximum absolute atomic E-state index is 12.9. The van der Waals surface area contributed by atoms with Crippen LogP contribution in [0.4, 0.5) is 0 Å². The van der Waals surface area contributed by atoms with Crippen LogP contribution in [0.3, 0.4) is 0 Å². The summed E-state index contributed by atoms with van der Waals surface area (Å²) >= 11 is 0. The standard InChI is InChI=1S/C23H31N3O3/c27-21-19(11-12-20(24-21)17-7-3-1-4-8-17)23(29)26-15-13-25(14-16-26)22(28)18-9-5-2-6-10-18/h1,3-4,7-8,18-20H,2,5-6,9-16H2,(H,24,27). The van der Waals surface area contributed by atoms with Crippen LogP contribution in [0.5, 0.6) is 0 Å². The minimum atomic E-state index is -0.601. The summed E-state index contributed by atoms with van der Waals surface area (Å²) in [7, 11) is 0. The van der Waals surface area contributed by atoms with Crippen molar-refractivity contribution in [3.63, 3.8) is 0 Å². The van der Waals surface area contributed by atoms with Crippen LogP contribution >= 0.6 is 0 Å². The van der Waals surface area contributed by atoms with Gasteiger partial charge in [0.1, 0.15) is 5.92 Å². The summed E-state index contributed by atoms with van der Waals surface area (Å²) in [5.41, 5.74) is 1.08. The number of nitrogens with one attached hydrogen (secondary N) is 1. The van der Waals surface area contributed by atoms with Crippen molar-refractivity contribution >= 4 is 17.7 Å². The lowest BCUT2D eigenvalue weighted by atomic mass is 9.88. The molecule has 6 nitrogen and oxygen atoms in total. The fourth-order valence-electron chi connectivity index (χ4n) is 4.96. The van der Waals surface area contributed by atoms with E-state index in [4.69, 9.17) is 0 Å². The lowest BCUT2D eigenvalue weighted by Crippen LogP contribution is -2.55. The molecule has 2 saturated heterocycles. The molecule has 1 aromatic rings. The minimum Gasteiger partial charge on any atom is -0.349 e. The smallest absolute Gasteiger partial charge is 0.235 e. The average Bonchev–Trinajstić information content (AvgIpc) is 2.79. The number of piperidine rings is 1. The van der Waals surface area contributed by atoms with Crippen molar-refractivity contribution in [3.8, 4) is 0 Å². The van der Waals surface area contributed by atoms with Gasteiger partial charge in [-0.1, -0.05) is 49.6 Å². The first-order chi connectivity index (χ1) is 14.1. The number of carbonyl (C=O) groups is 3. The fraction of sp³-hybridized carbons (Fsp3) is 0.609. The molecule has 2 heterocycles. The number of carbonyl (C=O) groups excluding carboxylic acids is 3. The Morgan fingerprint density at radius 3 is 2.03 bits per heavy atom. The lowest BCUT2D eigenvalue weighted by Gasteiger charge is -2.39. The van der Waals surface area contributed by atoms with Crippen molar-refractivity contribution in [1.29, 1.82) is 0 Å². The first-order valence-corrected chi connectivity index (χ1v) is 11.1. The van der Waals surface area contributed by atoms with Crippen molar-refractivity contribution in [3.05, 3.63) is 35.9 Å². The second-order valence-electron chi connectivity index (χ2n) is 8.59. The maximum Gasteiger partial charge on any atom is 0.235 e. The molecule has 0 bridgehead atoms. The number of rotatable bonds is 3. The van der Waals surface area contributed by atoms with Crippen LogP contribution in [0.1, 0.15) is 56.6 Å². The van der Waals surface area contributed by atoms with Crippen LogP contribution in [0, 0.1) is 11.8 Å². The van der Waals surface area contributed by atoms with Gasteiger partial charge < -0.3 is 15.1 Å². The Morgan fingerprint density at radius 2 is 1.41 bits per heavy atom. The number of nitrogens with zero attached hydrogens (tertiary/aromatic N) is 2. The van der Waals surface area contributed by atoms with Gasteiger partial charge in [0.05, 0.1) is 6.04 Å².